The molecule has 0 aromatic heterocycles. The van der Waals surface area contributed by atoms with Crippen molar-refractivity contribution >= 4 is 18.1 Å². The number of imide groups is 1. The van der Waals surface area contributed by atoms with Crippen LogP contribution < -0.4 is 0 Å². The highest BCUT2D eigenvalue weighted by atomic mass is 19.1. The van der Waals surface area contributed by atoms with Gasteiger partial charge in [-0.2, -0.15) is 0 Å². The average Bonchev–Trinajstić information content (AvgIpc) is 2.74. The van der Waals surface area contributed by atoms with Gasteiger partial charge < -0.3 is 4.74 Å². The summed E-state index contributed by atoms with van der Waals surface area (Å²) in [7, 11) is 0. The van der Waals surface area contributed by atoms with E-state index in [1.54, 1.807) is 12.1 Å². The molecule has 17 heavy (non-hydrogen) atoms. The summed E-state index contributed by atoms with van der Waals surface area (Å²) in [6, 6.07) is 5.69. The van der Waals surface area contributed by atoms with E-state index >= 15 is 0 Å². The molecule has 88 valence electrons. The minimum Gasteiger partial charge on any atom is -0.447 e. The summed E-state index contributed by atoms with van der Waals surface area (Å²) in [5.74, 6) is -0.770. The van der Waals surface area contributed by atoms with E-state index in [4.69, 9.17) is 0 Å². The number of cyclic esters (lactones) is 1. The van der Waals surface area contributed by atoms with E-state index in [-0.39, 0.29) is 19.0 Å². The Labute approximate surface area is 97.3 Å². The minimum atomic E-state index is -0.626. The van der Waals surface area contributed by atoms with Crippen molar-refractivity contribution < 1.29 is 18.7 Å². The molecule has 0 unspecified atom stereocenters. The van der Waals surface area contributed by atoms with Crippen LogP contribution in [-0.2, 0) is 9.53 Å². The van der Waals surface area contributed by atoms with Gasteiger partial charge in [-0.15, -0.1) is 0 Å². The molecule has 2 amide bonds. The van der Waals surface area contributed by atoms with Gasteiger partial charge in [-0.25, -0.2) is 14.1 Å². The van der Waals surface area contributed by atoms with Crippen molar-refractivity contribution in [3.8, 4) is 0 Å². The van der Waals surface area contributed by atoms with Gasteiger partial charge in [-0.3, -0.25) is 4.79 Å². The molecule has 1 fully saturated rings. The van der Waals surface area contributed by atoms with E-state index in [2.05, 4.69) is 4.74 Å². The third kappa shape index (κ3) is 2.69. The largest absolute Gasteiger partial charge is 0.447 e. The Kier molecular flexibility index (Phi) is 3.18. The van der Waals surface area contributed by atoms with Crippen LogP contribution in [0.4, 0.5) is 9.18 Å². The molecule has 0 N–H and O–H groups in total. The van der Waals surface area contributed by atoms with Gasteiger partial charge >= 0.3 is 6.09 Å². The highest BCUT2D eigenvalue weighted by molar-refractivity contribution is 6.01. The smallest absolute Gasteiger partial charge is 0.416 e. The van der Waals surface area contributed by atoms with Crippen LogP contribution in [0.2, 0.25) is 0 Å². The minimum absolute atomic E-state index is 0.231. The fourth-order valence-corrected chi connectivity index (χ4v) is 1.42. The van der Waals surface area contributed by atoms with Crippen LogP contribution in [0.5, 0.6) is 0 Å². The van der Waals surface area contributed by atoms with Crippen molar-refractivity contribution in [2.45, 2.75) is 0 Å². The maximum atomic E-state index is 12.6. The number of amides is 2. The first-order valence-electron chi connectivity index (χ1n) is 5.09. The van der Waals surface area contributed by atoms with Gasteiger partial charge in [0.25, 0.3) is 5.91 Å². The molecule has 2 rings (SSSR count). The summed E-state index contributed by atoms with van der Waals surface area (Å²) in [6.07, 6.45) is 2.16. The SMILES string of the molecule is O=C(/C=C/c1ccc(F)cc1)N1CCOC1=O. The number of halogens is 1. The lowest BCUT2D eigenvalue weighted by Gasteiger charge is -2.06. The highest BCUT2D eigenvalue weighted by Gasteiger charge is 2.26. The number of benzene rings is 1. The number of hydrogen-bond acceptors (Lipinski definition) is 3. The summed E-state index contributed by atoms with van der Waals surface area (Å²) in [5.41, 5.74) is 0.687. The van der Waals surface area contributed by atoms with Crippen molar-refractivity contribution in [1.29, 1.82) is 0 Å². The Balaban J connectivity index is 2.03. The fourth-order valence-electron chi connectivity index (χ4n) is 1.42. The second-order valence-electron chi connectivity index (χ2n) is 3.49. The molecule has 1 aromatic carbocycles. The van der Waals surface area contributed by atoms with Gasteiger partial charge in [0.1, 0.15) is 12.4 Å². The highest BCUT2D eigenvalue weighted by Crippen LogP contribution is 2.07. The fraction of sp³-hybridized carbons (Fsp3) is 0.167. The normalized spacial score (nSPS) is 15.4. The molecule has 1 saturated heterocycles. The first-order valence-corrected chi connectivity index (χ1v) is 5.09. The molecule has 4 nitrogen and oxygen atoms in total. The molecule has 0 saturated carbocycles. The molecule has 1 aliphatic rings. The molecular formula is C12H10FNO3. The molecular weight excluding hydrogens is 225 g/mol. The summed E-state index contributed by atoms with van der Waals surface area (Å²) in [6.45, 7) is 0.500. The van der Waals surface area contributed by atoms with Gasteiger partial charge in [0.05, 0.1) is 6.54 Å². The topological polar surface area (TPSA) is 46.6 Å². The molecule has 0 spiro atoms. The van der Waals surface area contributed by atoms with Crippen molar-refractivity contribution in [1.82, 2.24) is 4.90 Å². The second kappa shape index (κ2) is 4.78. The standard InChI is InChI=1S/C12H10FNO3/c13-10-4-1-9(2-5-10)3-6-11(15)14-7-8-17-12(14)16/h1-6H,7-8H2/b6-3+. The van der Waals surface area contributed by atoms with Gasteiger partial charge in [0.15, 0.2) is 0 Å². The molecule has 1 aliphatic heterocycles. The third-order valence-corrected chi connectivity index (χ3v) is 2.32. The monoisotopic (exact) mass is 235 g/mol. The van der Waals surface area contributed by atoms with Crippen molar-refractivity contribution in [2.75, 3.05) is 13.2 Å². The Morgan fingerprint density at radius 2 is 2.06 bits per heavy atom. The van der Waals surface area contributed by atoms with Crippen LogP contribution in [0.25, 0.3) is 6.08 Å². The zero-order valence-electron chi connectivity index (χ0n) is 8.93. The van der Waals surface area contributed by atoms with E-state index < -0.39 is 12.0 Å². The Morgan fingerprint density at radius 3 is 2.65 bits per heavy atom. The molecule has 0 aliphatic carbocycles. The van der Waals surface area contributed by atoms with E-state index in [0.717, 1.165) is 4.90 Å². The Morgan fingerprint density at radius 1 is 1.35 bits per heavy atom. The zero-order chi connectivity index (χ0) is 12.3. The van der Waals surface area contributed by atoms with Gasteiger partial charge in [0.2, 0.25) is 0 Å². The van der Waals surface area contributed by atoms with Gasteiger partial charge in [0, 0.05) is 6.08 Å². The van der Waals surface area contributed by atoms with Crippen LogP contribution in [-0.4, -0.2) is 30.1 Å². The van der Waals surface area contributed by atoms with Crippen molar-refractivity contribution in [2.24, 2.45) is 0 Å². The summed E-state index contributed by atoms with van der Waals surface area (Å²) in [5, 5.41) is 0. The van der Waals surface area contributed by atoms with Gasteiger partial charge in [-0.05, 0) is 23.8 Å². The third-order valence-electron chi connectivity index (χ3n) is 2.32. The van der Waals surface area contributed by atoms with Crippen LogP contribution in [0.1, 0.15) is 5.56 Å². The molecule has 5 heteroatoms. The predicted molar refractivity (Wildman–Crippen MR) is 58.5 cm³/mol. The van der Waals surface area contributed by atoms with Crippen LogP contribution >= 0.6 is 0 Å². The van der Waals surface area contributed by atoms with Crippen LogP contribution in [0.15, 0.2) is 30.3 Å². The van der Waals surface area contributed by atoms with E-state index in [1.165, 1.54) is 24.3 Å². The maximum Gasteiger partial charge on any atom is 0.416 e. The first kappa shape index (κ1) is 11.3. The predicted octanol–water partition coefficient (Wildman–Crippen LogP) is 1.82. The van der Waals surface area contributed by atoms with E-state index in [0.29, 0.717) is 5.56 Å². The Bertz CT molecular complexity index is 467. The lowest BCUT2D eigenvalue weighted by molar-refractivity contribution is -0.122. The summed E-state index contributed by atoms with van der Waals surface area (Å²) >= 11 is 0. The second-order valence-corrected chi connectivity index (χ2v) is 3.49. The molecule has 0 bridgehead atoms. The maximum absolute atomic E-state index is 12.6. The lowest BCUT2D eigenvalue weighted by atomic mass is 10.2. The molecule has 0 radical (unpaired) electrons. The number of nitrogens with zero attached hydrogens (tertiary/aromatic N) is 1. The number of hydrogen-bond donors (Lipinski definition) is 0. The number of rotatable bonds is 2. The Hall–Kier alpha value is -2.17. The first-order chi connectivity index (χ1) is 8.16. The van der Waals surface area contributed by atoms with E-state index in [1.807, 2.05) is 0 Å². The molecule has 1 heterocycles. The van der Waals surface area contributed by atoms with Crippen molar-refractivity contribution in [3.63, 3.8) is 0 Å². The van der Waals surface area contributed by atoms with E-state index in [9.17, 15) is 14.0 Å². The van der Waals surface area contributed by atoms with Gasteiger partial charge in [-0.1, -0.05) is 12.1 Å². The molecule has 0 atom stereocenters. The lowest BCUT2D eigenvalue weighted by Crippen LogP contribution is -2.29. The van der Waals surface area contributed by atoms with Crippen LogP contribution in [0.3, 0.4) is 0 Å². The average molecular weight is 235 g/mol. The zero-order valence-corrected chi connectivity index (χ0v) is 8.93. The summed E-state index contributed by atoms with van der Waals surface area (Å²) < 4.78 is 17.3. The van der Waals surface area contributed by atoms with Crippen LogP contribution in [0, 0.1) is 5.82 Å². The van der Waals surface area contributed by atoms with Crippen molar-refractivity contribution in [3.05, 3.63) is 41.7 Å². The molecule has 1 aromatic rings. The number of ether oxygens (including phenoxy) is 1. The number of carbonyl (C=O) groups excluding carboxylic acids is 2. The number of carbonyl (C=O) groups is 2. The summed E-state index contributed by atoms with van der Waals surface area (Å²) in [4.78, 5) is 23.6. The quantitative estimate of drug-likeness (QED) is 0.734.